The van der Waals surface area contributed by atoms with Gasteiger partial charge in [-0.25, -0.2) is 0 Å². The molecule has 0 spiro atoms. The Balaban J connectivity index is 1.94. The number of piperidine rings is 1. The van der Waals surface area contributed by atoms with Gasteiger partial charge < -0.3 is 10.1 Å². The van der Waals surface area contributed by atoms with Crippen molar-refractivity contribution in [1.82, 2.24) is 5.32 Å². The van der Waals surface area contributed by atoms with Gasteiger partial charge >= 0.3 is 0 Å². The molecule has 1 fully saturated rings. The monoisotopic (exact) mass is 275 g/mol. The Morgan fingerprint density at radius 2 is 2.35 bits per heavy atom. The standard InChI is InChI=1S/C17H25NO2/c1-3-20-16-8-4-6-14(11-16)17(19)10-13(2)15-7-5-9-18-12-15/h4,6,8,11,13,15,18H,3,5,7,9-10,12H2,1-2H3. The third kappa shape index (κ3) is 4.07. The first-order valence-corrected chi connectivity index (χ1v) is 7.67. The summed E-state index contributed by atoms with van der Waals surface area (Å²) in [5, 5.41) is 3.42. The molecule has 0 aromatic heterocycles. The van der Waals surface area contributed by atoms with Gasteiger partial charge in [0.1, 0.15) is 5.75 Å². The highest BCUT2D eigenvalue weighted by Crippen LogP contribution is 2.24. The number of hydrogen-bond donors (Lipinski definition) is 1. The molecule has 1 aliphatic heterocycles. The number of nitrogens with one attached hydrogen (secondary N) is 1. The molecule has 1 aromatic rings. The lowest BCUT2D eigenvalue weighted by atomic mass is 9.83. The molecule has 0 saturated carbocycles. The van der Waals surface area contributed by atoms with Gasteiger partial charge in [0.15, 0.2) is 5.78 Å². The van der Waals surface area contributed by atoms with Crippen molar-refractivity contribution in [2.45, 2.75) is 33.1 Å². The SMILES string of the molecule is CCOc1cccc(C(=O)CC(C)C2CCCNC2)c1. The van der Waals surface area contributed by atoms with E-state index in [1.165, 1.54) is 12.8 Å². The van der Waals surface area contributed by atoms with E-state index < -0.39 is 0 Å². The molecule has 0 radical (unpaired) electrons. The van der Waals surface area contributed by atoms with Crippen molar-refractivity contribution in [2.75, 3.05) is 19.7 Å². The van der Waals surface area contributed by atoms with Gasteiger partial charge in [-0.2, -0.15) is 0 Å². The molecule has 0 bridgehead atoms. The van der Waals surface area contributed by atoms with Gasteiger partial charge in [0, 0.05) is 12.0 Å². The Morgan fingerprint density at radius 1 is 1.50 bits per heavy atom. The van der Waals surface area contributed by atoms with Crippen LogP contribution in [0.1, 0.15) is 43.5 Å². The fourth-order valence-corrected chi connectivity index (χ4v) is 2.87. The summed E-state index contributed by atoms with van der Waals surface area (Å²) in [5.74, 6) is 2.07. The van der Waals surface area contributed by atoms with Crippen molar-refractivity contribution in [1.29, 1.82) is 0 Å². The Morgan fingerprint density at radius 3 is 3.05 bits per heavy atom. The van der Waals surface area contributed by atoms with Crippen molar-refractivity contribution in [3.63, 3.8) is 0 Å². The molecule has 2 unspecified atom stereocenters. The first kappa shape index (κ1) is 15.0. The van der Waals surface area contributed by atoms with E-state index in [1.807, 2.05) is 31.2 Å². The van der Waals surface area contributed by atoms with Crippen molar-refractivity contribution >= 4 is 5.78 Å². The topological polar surface area (TPSA) is 38.3 Å². The summed E-state index contributed by atoms with van der Waals surface area (Å²) < 4.78 is 5.46. The minimum Gasteiger partial charge on any atom is -0.494 e. The molecule has 2 rings (SSSR count). The van der Waals surface area contributed by atoms with Crippen LogP contribution >= 0.6 is 0 Å². The average molecular weight is 275 g/mol. The zero-order valence-electron chi connectivity index (χ0n) is 12.5. The summed E-state index contributed by atoms with van der Waals surface area (Å²) in [6, 6.07) is 7.54. The van der Waals surface area contributed by atoms with Gasteiger partial charge in [-0.05, 0) is 56.8 Å². The predicted octanol–water partition coefficient (Wildman–Crippen LogP) is 3.29. The van der Waals surface area contributed by atoms with Crippen LogP contribution in [0, 0.1) is 11.8 Å². The maximum Gasteiger partial charge on any atom is 0.163 e. The molecule has 1 N–H and O–H groups in total. The molecular formula is C17H25NO2. The number of Topliss-reactive ketones (excluding diaryl/α,β-unsaturated/α-hetero) is 1. The van der Waals surface area contributed by atoms with Crippen LogP contribution in [0.5, 0.6) is 5.75 Å². The highest BCUT2D eigenvalue weighted by molar-refractivity contribution is 5.96. The van der Waals surface area contributed by atoms with Crippen LogP contribution in [-0.4, -0.2) is 25.5 Å². The zero-order valence-corrected chi connectivity index (χ0v) is 12.5. The van der Waals surface area contributed by atoms with E-state index in [0.717, 1.165) is 24.4 Å². The fraction of sp³-hybridized carbons (Fsp3) is 0.588. The number of hydrogen-bond acceptors (Lipinski definition) is 3. The quantitative estimate of drug-likeness (QED) is 0.810. The van der Waals surface area contributed by atoms with E-state index in [2.05, 4.69) is 12.2 Å². The number of rotatable bonds is 6. The smallest absolute Gasteiger partial charge is 0.163 e. The molecule has 20 heavy (non-hydrogen) atoms. The number of ketones is 1. The molecule has 1 aliphatic rings. The van der Waals surface area contributed by atoms with Gasteiger partial charge in [0.05, 0.1) is 6.61 Å². The van der Waals surface area contributed by atoms with Gasteiger partial charge in [-0.1, -0.05) is 19.1 Å². The minimum absolute atomic E-state index is 0.227. The van der Waals surface area contributed by atoms with Crippen molar-refractivity contribution in [3.8, 4) is 5.75 Å². The van der Waals surface area contributed by atoms with Gasteiger partial charge in [0.25, 0.3) is 0 Å². The molecule has 1 heterocycles. The summed E-state index contributed by atoms with van der Waals surface area (Å²) in [5.41, 5.74) is 0.770. The van der Waals surface area contributed by atoms with E-state index in [0.29, 0.717) is 24.9 Å². The summed E-state index contributed by atoms with van der Waals surface area (Å²) in [6.07, 6.45) is 3.09. The van der Waals surface area contributed by atoms with E-state index in [4.69, 9.17) is 4.74 Å². The van der Waals surface area contributed by atoms with E-state index >= 15 is 0 Å². The van der Waals surface area contributed by atoms with E-state index in [-0.39, 0.29) is 5.78 Å². The van der Waals surface area contributed by atoms with Crippen molar-refractivity contribution < 1.29 is 9.53 Å². The normalized spacial score (nSPS) is 20.4. The highest BCUT2D eigenvalue weighted by Gasteiger charge is 2.22. The first-order valence-electron chi connectivity index (χ1n) is 7.67. The Labute approximate surface area is 121 Å². The maximum atomic E-state index is 12.4. The van der Waals surface area contributed by atoms with Crippen molar-refractivity contribution in [2.24, 2.45) is 11.8 Å². The van der Waals surface area contributed by atoms with Crippen LogP contribution in [0.25, 0.3) is 0 Å². The van der Waals surface area contributed by atoms with Crippen molar-refractivity contribution in [3.05, 3.63) is 29.8 Å². The third-order valence-electron chi connectivity index (χ3n) is 4.11. The number of carbonyl (C=O) groups is 1. The molecule has 0 amide bonds. The Hall–Kier alpha value is -1.35. The number of carbonyl (C=O) groups excluding carboxylic acids is 1. The number of benzene rings is 1. The maximum absolute atomic E-state index is 12.4. The molecule has 0 aliphatic carbocycles. The lowest BCUT2D eigenvalue weighted by molar-refractivity contribution is 0.0942. The van der Waals surface area contributed by atoms with Crippen LogP contribution in [-0.2, 0) is 0 Å². The van der Waals surface area contributed by atoms with Gasteiger partial charge in [-0.3, -0.25) is 4.79 Å². The summed E-state index contributed by atoms with van der Waals surface area (Å²) >= 11 is 0. The Kier molecular flexibility index (Phi) is 5.60. The highest BCUT2D eigenvalue weighted by atomic mass is 16.5. The zero-order chi connectivity index (χ0) is 14.4. The second kappa shape index (κ2) is 7.44. The second-order valence-electron chi connectivity index (χ2n) is 5.67. The minimum atomic E-state index is 0.227. The average Bonchev–Trinajstić information content (AvgIpc) is 2.48. The van der Waals surface area contributed by atoms with Crippen LogP contribution < -0.4 is 10.1 Å². The largest absolute Gasteiger partial charge is 0.494 e. The number of ether oxygens (including phenoxy) is 1. The summed E-state index contributed by atoms with van der Waals surface area (Å²) in [7, 11) is 0. The first-order chi connectivity index (χ1) is 9.70. The lowest BCUT2D eigenvalue weighted by Crippen LogP contribution is -2.34. The predicted molar refractivity (Wildman–Crippen MR) is 81.3 cm³/mol. The molecule has 3 heteroatoms. The molecule has 1 saturated heterocycles. The van der Waals surface area contributed by atoms with Crippen LogP contribution in [0.4, 0.5) is 0 Å². The third-order valence-corrected chi connectivity index (χ3v) is 4.11. The fourth-order valence-electron chi connectivity index (χ4n) is 2.87. The molecular weight excluding hydrogens is 250 g/mol. The molecule has 2 atom stereocenters. The molecule has 110 valence electrons. The van der Waals surface area contributed by atoms with E-state index in [9.17, 15) is 4.79 Å². The second-order valence-corrected chi connectivity index (χ2v) is 5.67. The Bertz CT molecular complexity index is 438. The van der Waals surface area contributed by atoms with Crippen LogP contribution in [0.3, 0.4) is 0 Å². The molecule has 3 nitrogen and oxygen atoms in total. The van der Waals surface area contributed by atoms with Gasteiger partial charge in [0.2, 0.25) is 0 Å². The van der Waals surface area contributed by atoms with Crippen LogP contribution in [0.15, 0.2) is 24.3 Å². The molecule has 1 aromatic carbocycles. The summed E-state index contributed by atoms with van der Waals surface area (Å²) in [4.78, 5) is 12.4. The van der Waals surface area contributed by atoms with Gasteiger partial charge in [-0.15, -0.1) is 0 Å². The summed E-state index contributed by atoms with van der Waals surface area (Å²) in [6.45, 7) is 6.94. The lowest BCUT2D eigenvalue weighted by Gasteiger charge is -2.28. The van der Waals surface area contributed by atoms with Crippen LogP contribution in [0.2, 0.25) is 0 Å². The van der Waals surface area contributed by atoms with E-state index in [1.54, 1.807) is 0 Å².